The molecule has 8 heteroatoms. The number of nitrogens with zero attached hydrogens (tertiary/aromatic N) is 3. The fraction of sp³-hybridized carbons (Fsp3) is 0.150. The topological polar surface area (TPSA) is 80.5 Å². The molecule has 1 aromatic heterocycles. The Morgan fingerprint density at radius 2 is 1.96 bits per heavy atom. The van der Waals surface area contributed by atoms with Gasteiger partial charge in [0.05, 0.1) is 7.11 Å². The van der Waals surface area contributed by atoms with Crippen LogP contribution in [0.1, 0.15) is 17.4 Å². The van der Waals surface area contributed by atoms with Crippen LogP contribution < -0.4 is 20.9 Å². The van der Waals surface area contributed by atoms with Crippen molar-refractivity contribution in [1.82, 2.24) is 9.55 Å². The quantitative estimate of drug-likeness (QED) is 0.649. The van der Waals surface area contributed by atoms with Crippen LogP contribution in [0.2, 0.25) is 0 Å². The van der Waals surface area contributed by atoms with Gasteiger partial charge in [-0.15, -0.1) is 0 Å². The Kier molecular flexibility index (Phi) is 4.87. The van der Waals surface area contributed by atoms with Gasteiger partial charge in [0.2, 0.25) is 11.9 Å². The number of anilines is 2. The largest absolute Gasteiger partial charge is 0.497 e. The highest BCUT2D eigenvalue weighted by atomic mass is 79.9. The van der Waals surface area contributed by atoms with Gasteiger partial charge in [-0.05, 0) is 48.9 Å². The maximum Gasteiger partial charge on any atom is 0.257 e. The van der Waals surface area contributed by atoms with Crippen molar-refractivity contribution in [2.45, 2.75) is 13.1 Å². The number of aryl methyl sites for hydroxylation is 1. The van der Waals surface area contributed by atoms with Gasteiger partial charge in [0.15, 0.2) is 6.17 Å². The zero-order chi connectivity index (χ0) is 19.7. The van der Waals surface area contributed by atoms with E-state index in [0.29, 0.717) is 17.6 Å². The molecule has 0 spiro atoms. The second-order valence-electron chi connectivity index (χ2n) is 6.31. The summed E-state index contributed by atoms with van der Waals surface area (Å²) in [6.45, 7) is 1.79. The van der Waals surface area contributed by atoms with Gasteiger partial charge in [-0.25, -0.2) is 9.98 Å². The van der Waals surface area contributed by atoms with Crippen molar-refractivity contribution in [2.24, 2.45) is 4.99 Å². The van der Waals surface area contributed by atoms with E-state index in [4.69, 9.17) is 9.73 Å². The number of methoxy groups -OCH3 is 1. The van der Waals surface area contributed by atoms with Crippen LogP contribution >= 0.6 is 15.9 Å². The molecule has 0 aliphatic carbocycles. The molecule has 7 nitrogen and oxygen atoms in total. The Balaban J connectivity index is 1.76. The molecule has 1 aliphatic heterocycles. The van der Waals surface area contributed by atoms with E-state index in [-0.39, 0.29) is 5.56 Å². The van der Waals surface area contributed by atoms with Gasteiger partial charge in [-0.1, -0.05) is 28.1 Å². The van der Waals surface area contributed by atoms with Crippen molar-refractivity contribution >= 4 is 33.5 Å². The van der Waals surface area contributed by atoms with Crippen molar-refractivity contribution in [3.8, 4) is 5.75 Å². The summed E-state index contributed by atoms with van der Waals surface area (Å²) in [5.41, 5.74) is 2.19. The molecule has 3 aromatic rings. The van der Waals surface area contributed by atoms with Crippen LogP contribution in [0, 0.1) is 6.92 Å². The smallest absolute Gasteiger partial charge is 0.257 e. The molecule has 2 heterocycles. The van der Waals surface area contributed by atoms with Gasteiger partial charge >= 0.3 is 0 Å². The van der Waals surface area contributed by atoms with Crippen molar-refractivity contribution in [1.29, 1.82) is 0 Å². The molecule has 0 amide bonds. The number of benzene rings is 2. The zero-order valence-electron chi connectivity index (χ0n) is 15.3. The molecule has 4 rings (SSSR count). The molecule has 0 fully saturated rings. The molecule has 1 aliphatic rings. The highest BCUT2D eigenvalue weighted by molar-refractivity contribution is 9.10. The Labute approximate surface area is 170 Å². The first-order valence-corrected chi connectivity index (χ1v) is 9.44. The van der Waals surface area contributed by atoms with Crippen LogP contribution in [0.15, 0.2) is 68.9 Å². The maximum atomic E-state index is 12.7. The van der Waals surface area contributed by atoms with Gasteiger partial charge in [0.25, 0.3) is 5.56 Å². The van der Waals surface area contributed by atoms with E-state index in [1.807, 2.05) is 48.5 Å². The lowest BCUT2D eigenvalue weighted by Crippen LogP contribution is -2.37. The minimum absolute atomic E-state index is 0.160. The summed E-state index contributed by atoms with van der Waals surface area (Å²) < 4.78 is 7.66. The van der Waals surface area contributed by atoms with Crippen LogP contribution in [0.3, 0.4) is 0 Å². The van der Waals surface area contributed by atoms with Crippen molar-refractivity contribution in [3.63, 3.8) is 0 Å². The molecule has 0 radical (unpaired) electrons. The third-order valence-corrected chi connectivity index (χ3v) is 4.80. The van der Waals surface area contributed by atoms with Crippen molar-refractivity contribution < 1.29 is 4.74 Å². The first-order valence-electron chi connectivity index (χ1n) is 8.65. The second kappa shape index (κ2) is 7.47. The summed E-state index contributed by atoms with van der Waals surface area (Å²) in [4.78, 5) is 21.9. The van der Waals surface area contributed by atoms with Crippen LogP contribution in [0.4, 0.5) is 11.6 Å². The highest BCUT2D eigenvalue weighted by Gasteiger charge is 2.25. The van der Waals surface area contributed by atoms with E-state index >= 15 is 0 Å². The van der Waals surface area contributed by atoms with Crippen molar-refractivity contribution in [2.75, 3.05) is 17.7 Å². The van der Waals surface area contributed by atoms with E-state index in [2.05, 4.69) is 31.5 Å². The van der Waals surface area contributed by atoms with E-state index in [9.17, 15) is 4.79 Å². The summed E-state index contributed by atoms with van der Waals surface area (Å²) in [7, 11) is 1.63. The Morgan fingerprint density at radius 3 is 2.68 bits per heavy atom. The van der Waals surface area contributed by atoms with Crippen LogP contribution in [-0.4, -0.2) is 22.6 Å². The zero-order valence-corrected chi connectivity index (χ0v) is 16.9. The molecular formula is C20H18BrN5O2. The molecule has 28 heavy (non-hydrogen) atoms. The summed E-state index contributed by atoms with van der Waals surface area (Å²) in [5, 5.41) is 6.36. The first-order chi connectivity index (χ1) is 13.5. The predicted molar refractivity (Wildman–Crippen MR) is 113 cm³/mol. The second-order valence-corrected chi connectivity index (χ2v) is 7.23. The van der Waals surface area contributed by atoms with Crippen LogP contribution in [0.5, 0.6) is 5.75 Å². The average Bonchev–Trinajstić information content (AvgIpc) is 2.67. The number of halogens is 1. The fourth-order valence-corrected chi connectivity index (χ4v) is 3.43. The SMILES string of the molecule is COc1ccc(NC2=NC(c3cccc(Br)c3)n3c(nc(C)cc3=O)N2)cc1. The molecule has 142 valence electrons. The van der Waals surface area contributed by atoms with E-state index in [0.717, 1.165) is 21.5 Å². The minimum Gasteiger partial charge on any atom is -0.497 e. The van der Waals surface area contributed by atoms with Crippen molar-refractivity contribution in [3.05, 3.63) is 80.7 Å². The third-order valence-electron chi connectivity index (χ3n) is 4.31. The summed E-state index contributed by atoms with van der Waals surface area (Å²) in [6.07, 6.45) is -0.532. The van der Waals surface area contributed by atoms with Gasteiger partial charge < -0.3 is 10.1 Å². The molecule has 0 saturated carbocycles. The lowest BCUT2D eigenvalue weighted by Gasteiger charge is -2.27. The molecule has 0 bridgehead atoms. The van der Waals surface area contributed by atoms with E-state index in [1.54, 1.807) is 18.6 Å². The molecule has 2 N–H and O–H groups in total. The first kappa shape index (κ1) is 18.2. The monoisotopic (exact) mass is 439 g/mol. The lowest BCUT2D eigenvalue weighted by atomic mass is 10.1. The molecule has 0 saturated heterocycles. The number of aliphatic imine (C=N–C) groups is 1. The summed E-state index contributed by atoms with van der Waals surface area (Å²) in [5.74, 6) is 1.72. The predicted octanol–water partition coefficient (Wildman–Crippen LogP) is 3.76. The third kappa shape index (κ3) is 3.63. The normalized spacial score (nSPS) is 15.2. The number of hydrogen-bond donors (Lipinski definition) is 2. The fourth-order valence-electron chi connectivity index (χ4n) is 3.01. The minimum atomic E-state index is -0.532. The lowest BCUT2D eigenvalue weighted by molar-refractivity contribution is 0.415. The number of nitrogens with one attached hydrogen (secondary N) is 2. The van der Waals surface area contributed by atoms with Gasteiger partial charge in [0.1, 0.15) is 5.75 Å². The van der Waals surface area contributed by atoms with E-state index < -0.39 is 6.17 Å². The molecule has 1 atom stereocenters. The summed E-state index contributed by atoms with van der Waals surface area (Å²) in [6, 6.07) is 16.7. The number of hydrogen-bond acceptors (Lipinski definition) is 6. The number of rotatable bonds is 3. The molecule has 2 aromatic carbocycles. The molecule has 1 unspecified atom stereocenters. The van der Waals surface area contributed by atoms with E-state index in [1.165, 1.54) is 6.07 Å². The standard InChI is InChI=1S/C20H18BrN5O2/c1-12-10-17(27)26-18(13-4-3-5-14(21)11-13)24-19(25-20(26)22-12)23-15-6-8-16(28-2)9-7-15/h3-11,18H,1-2H3,(H2,22,23,24,25). The molecular weight excluding hydrogens is 422 g/mol. The van der Waals surface area contributed by atoms with Crippen LogP contribution in [-0.2, 0) is 0 Å². The highest BCUT2D eigenvalue weighted by Crippen LogP contribution is 2.27. The Bertz CT molecular complexity index is 1110. The average molecular weight is 440 g/mol. The van der Waals surface area contributed by atoms with Gasteiger partial charge in [-0.3, -0.25) is 14.7 Å². The van der Waals surface area contributed by atoms with Gasteiger partial charge in [-0.2, -0.15) is 0 Å². The Morgan fingerprint density at radius 1 is 1.18 bits per heavy atom. The maximum absolute atomic E-state index is 12.7. The number of guanidine groups is 1. The van der Waals surface area contributed by atoms with Crippen LogP contribution in [0.25, 0.3) is 0 Å². The number of fused-ring (bicyclic) bond motifs is 1. The Hall–Kier alpha value is -3.13. The number of aromatic nitrogens is 2. The number of ether oxygens (including phenoxy) is 1. The summed E-state index contributed by atoms with van der Waals surface area (Å²) >= 11 is 3.49. The van der Waals surface area contributed by atoms with Gasteiger partial charge in [0, 0.05) is 21.9 Å².